The van der Waals surface area contributed by atoms with E-state index in [1.165, 1.54) is 0 Å². The van der Waals surface area contributed by atoms with Gasteiger partial charge < -0.3 is 10.2 Å². The maximum atomic E-state index is 10.2. The third-order valence-corrected chi connectivity index (χ3v) is 0.675. The highest BCUT2D eigenvalue weighted by atomic mass is 16.4. The molecule has 0 atom stereocenters. The van der Waals surface area contributed by atoms with Crippen molar-refractivity contribution < 1.29 is 24.6 Å². The fourth-order valence-electron chi connectivity index (χ4n) is 0.407. The zero-order valence-corrected chi connectivity index (χ0v) is 7.70. The zero-order valence-electron chi connectivity index (χ0n) is 7.70. The molecule has 5 heteroatoms. The Kier molecular flexibility index (Phi) is 7.51. The second-order valence-electron chi connectivity index (χ2n) is 2.44. The van der Waals surface area contributed by atoms with Crippen LogP contribution in [0.2, 0.25) is 0 Å². The molecule has 0 aromatic heterocycles. The van der Waals surface area contributed by atoms with Gasteiger partial charge in [-0.25, -0.2) is 9.59 Å². The summed E-state index contributed by atoms with van der Waals surface area (Å²) in [7, 11) is 0. The number of carbonyl (C=O) groups is 3. The van der Waals surface area contributed by atoms with Crippen LogP contribution in [-0.2, 0) is 14.4 Å². The van der Waals surface area contributed by atoms with E-state index in [4.69, 9.17) is 19.8 Å². The van der Waals surface area contributed by atoms with Crippen LogP contribution in [0.25, 0.3) is 0 Å². The summed E-state index contributed by atoms with van der Waals surface area (Å²) < 4.78 is 0. The van der Waals surface area contributed by atoms with E-state index in [-0.39, 0.29) is 5.78 Å². The average Bonchev–Trinajstić information content (AvgIpc) is 1.84. The Hall–Kier alpha value is -1.65. The van der Waals surface area contributed by atoms with Gasteiger partial charge in [0.1, 0.15) is 0 Å². The molecule has 0 heterocycles. The number of rotatable bonds is 1. The molecule has 0 radical (unpaired) electrons. The largest absolute Gasteiger partial charge is 0.473 e. The molecule has 0 rings (SSSR count). The second kappa shape index (κ2) is 7.02. The smallest absolute Gasteiger partial charge is 0.414 e. The van der Waals surface area contributed by atoms with E-state index in [2.05, 4.69) is 0 Å². The van der Waals surface area contributed by atoms with Crippen molar-refractivity contribution in [1.29, 1.82) is 0 Å². The molecule has 13 heavy (non-hydrogen) atoms. The topological polar surface area (TPSA) is 91.7 Å². The zero-order chi connectivity index (χ0) is 11.0. The number of ketones is 1. The lowest BCUT2D eigenvalue weighted by Gasteiger charge is -1.80. The van der Waals surface area contributed by atoms with Crippen LogP contribution < -0.4 is 0 Å². The molecule has 0 aliphatic carbocycles. The SMILES string of the molecule is CC(=O)C=C(C)C.O=C(O)C(=O)O. The second-order valence-corrected chi connectivity index (χ2v) is 2.44. The minimum atomic E-state index is -1.82. The monoisotopic (exact) mass is 188 g/mol. The summed E-state index contributed by atoms with van der Waals surface area (Å²) >= 11 is 0. The van der Waals surface area contributed by atoms with Gasteiger partial charge in [0.25, 0.3) is 0 Å². The molecule has 0 amide bonds. The van der Waals surface area contributed by atoms with Gasteiger partial charge in [0.15, 0.2) is 5.78 Å². The third kappa shape index (κ3) is 17.9. The van der Waals surface area contributed by atoms with Crippen molar-refractivity contribution >= 4 is 17.7 Å². The highest BCUT2D eigenvalue weighted by molar-refractivity contribution is 6.27. The summed E-state index contributed by atoms with van der Waals surface area (Å²) in [6.07, 6.45) is 1.61. The lowest BCUT2D eigenvalue weighted by atomic mass is 10.3. The summed E-state index contributed by atoms with van der Waals surface area (Å²) in [4.78, 5) is 28.4. The fraction of sp³-hybridized carbons (Fsp3) is 0.375. The molecule has 74 valence electrons. The number of carboxylic acids is 2. The minimum absolute atomic E-state index is 0.125. The van der Waals surface area contributed by atoms with E-state index in [9.17, 15) is 4.79 Å². The Morgan fingerprint density at radius 2 is 1.23 bits per heavy atom. The number of allylic oxidation sites excluding steroid dienone is 2. The predicted octanol–water partition coefficient (Wildman–Crippen LogP) is 0.697. The molecule has 0 saturated heterocycles. The van der Waals surface area contributed by atoms with Crippen LogP contribution >= 0.6 is 0 Å². The van der Waals surface area contributed by atoms with Crippen LogP contribution in [0.1, 0.15) is 20.8 Å². The van der Waals surface area contributed by atoms with E-state index < -0.39 is 11.9 Å². The summed E-state index contributed by atoms with van der Waals surface area (Å²) in [5, 5.41) is 14.8. The molecule has 0 aromatic rings. The molecule has 0 aliphatic heterocycles. The quantitative estimate of drug-likeness (QED) is 0.466. The summed E-state index contributed by atoms with van der Waals surface area (Å²) in [6, 6.07) is 0. The number of aliphatic carboxylic acids is 2. The van der Waals surface area contributed by atoms with Gasteiger partial charge in [-0.3, -0.25) is 4.79 Å². The maximum absolute atomic E-state index is 10.2. The molecular formula is C8H12O5. The Morgan fingerprint density at radius 1 is 0.923 bits per heavy atom. The normalized spacial score (nSPS) is 7.62. The van der Waals surface area contributed by atoms with Crippen molar-refractivity contribution in [2.45, 2.75) is 20.8 Å². The van der Waals surface area contributed by atoms with Gasteiger partial charge in [-0.2, -0.15) is 0 Å². The van der Waals surface area contributed by atoms with E-state index in [0.717, 1.165) is 5.57 Å². The lowest BCUT2D eigenvalue weighted by molar-refractivity contribution is -0.159. The average molecular weight is 188 g/mol. The predicted molar refractivity (Wildman–Crippen MR) is 45.4 cm³/mol. The molecule has 0 aromatic carbocycles. The first-order chi connectivity index (χ1) is 5.77. The van der Waals surface area contributed by atoms with Gasteiger partial charge in [0.05, 0.1) is 0 Å². The third-order valence-electron chi connectivity index (χ3n) is 0.675. The fourth-order valence-corrected chi connectivity index (χ4v) is 0.407. The van der Waals surface area contributed by atoms with Crippen LogP contribution in [0.4, 0.5) is 0 Å². The Bertz CT molecular complexity index is 223. The van der Waals surface area contributed by atoms with Gasteiger partial charge >= 0.3 is 11.9 Å². The first kappa shape index (κ1) is 13.9. The Labute approximate surface area is 75.7 Å². The van der Waals surface area contributed by atoms with E-state index in [0.29, 0.717) is 0 Å². The number of hydrogen-bond acceptors (Lipinski definition) is 3. The van der Waals surface area contributed by atoms with Gasteiger partial charge in [0.2, 0.25) is 0 Å². The molecule has 0 unspecified atom stereocenters. The minimum Gasteiger partial charge on any atom is -0.473 e. The van der Waals surface area contributed by atoms with Crippen molar-refractivity contribution in [3.05, 3.63) is 11.6 Å². The number of carbonyl (C=O) groups excluding carboxylic acids is 1. The molecule has 2 N–H and O–H groups in total. The molecule has 0 spiro atoms. The van der Waals surface area contributed by atoms with Gasteiger partial charge in [-0.1, -0.05) is 5.57 Å². The molecular weight excluding hydrogens is 176 g/mol. The molecule has 0 bridgehead atoms. The van der Waals surface area contributed by atoms with Crippen LogP contribution in [0, 0.1) is 0 Å². The van der Waals surface area contributed by atoms with Crippen molar-refractivity contribution in [2.24, 2.45) is 0 Å². The lowest BCUT2D eigenvalue weighted by Crippen LogP contribution is -2.09. The molecule has 5 nitrogen and oxygen atoms in total. The van der Waals surface area contributed by atoms with E-state index in [1.807, 2.05) is 13.8 Å². The van der Waals surface area contributed by atoms with E-state index in [1.54, 1.807) is 13.0 Å². The first-order valence-electron chi connectivity index (χ1n) is 3.39. The van der Waals surface area contributed by atoms with Crippen LogP contribution in [0.15, 0.2) is 11.6 Å². The van der Waals surface area contributed by atoms with Gasteiger partial charge in [0, 0.05) is 0 Å². The molecule has 0 saturated carbocycles. The number of carboxylic acid groups (broad SMARTS) is 2. The maximum Gasteiger partial charge on any atom is 0.414 e. The summed E-state index contributed by atoms with van der Waals surface area (Å²) in [5.74, 6) is -3.52. The highest BCUT2D eigenvalue weighted by Crippen LogP contribution is 1.86. The van der Waals surface area contributed by atoms with Gasteiger partial charge in [-0.05, 0) is 26.8 Å². The number of hydrogen-bond donors (Lipinski definition) is 2. The van der Waals surface area contributed by atoms with Crippen molar-refractivity contribution in [3.8, 4) is 0 Å². The van der Waals surface area contributed by atoms with Crippen LogP contribution in [-0.4, -0.2) is 27.9 Å². The Morgan fingerprint density at radius 3 is 1.23 bits per heavy atom. The van der Waals surface area contributed by atoms with Crippen molar-refractivity contribution in [2.75, 3.05) is 0 Å². The van der Waals surface area contributed by atoms with Gasteiger partial charge in [-0.15, -0.1) is 0 Å². The summed E-state index contributed by atoms with van der Waals surface area (Å²) in [6.45, 7) is 5.36. The molecule has 0 fully saturated rings. The standard InChI is InChI=1S/C6H10O.C2H2O4/c1-5(2)4-6(3)7;3-1(4)2(5)6/h4H,1-3H3;(H,3,4)(H,5,6). The first-order valence-corrected chi connectivity index (χ1v) is 3.39. The summed E-state index contributed by atoms with van der Waals surface area (Å²) in [5.41, 5.74) is 1.06. The van der Waals surface area contributed by atoms with Crippen LogP contribution in [0.3, 0.4) is 0 Å². The van der Waals surface area contributed by atoms with Crippen LogP contribution in [0.5, 0.6) is 0 Å². The Balaban J connectivity index is 0. The van der Waals surface area contributed by atoms with Crippen molar-refractivity contribution in [1.82, 2.24) is 0 Å². The van der Waals surface area contributed by atoms with Crippen molar-refractivity contribution in [3.63, 3.8) is 0 Å². The van der Waals surface area contributed by atoms with E-state index >= 15 is 0 Å². The highest BCUT2D eigenvalue weighted by Gasteiger charge is 2.04. The molecule has 0 aliphatic rings.